The second kappa shape index (κ2) is 8.29. The quantitative estimate of drug-likeness (QED) is 0.346. The Morgan fingerprint density at radius 2 is 1.92 bits per heavy atom. The number of rotatable bonds is 5. The van der Waals surface area contributed by atoms with Gasteiger partial charge in [-0.25, -0.2) is 4.99 Å². The Labute approximate surface area is 144 Å². The summed E-state index contributed by atoms with van der Waals surface area (Å²) in [7, 11) is 0. The molecule has 6 heteroatoms. The van der Waals surface area contributed by atoms with E-state index in [1.165, 1.54) is 20.8 Å². The fraction of sp³-hybridized carbons (Fsp3) is 0.333. The van der Waals surface area contributed by atoms with Crippen LogP contribution in [-0.4, -0.2) is 17.7 Å². The van der Waals surface area contributed by atoms with Gasteiger partial charge >= 0.3 is 6.18 Å². The van der Waals surface area contributed by atoms with Gasteiger partial charge in [0.25, 0.3) is 0 Å². The summed E-state index contributed by atoms with van der Waals surface area (Å²) >= 11 is 5.76. The van der Waals surface area contributed by atoms with Crippen LogP contribution in [0.2, 0.25) is 0 Å². The largest absolute Gasteiger partial charge is 0.418 e. The summed E-state index contributed by atoms with van der Waals surface area (Å²) < 4.78 is 40.4. The third kappa shape index (κ3) is 5.34. The number of allylic oxidation sites excluding steroid dienone is 10. The molecule has 0 atom stereocenters. The molecule has 0 saturated heterocycles. The van der Waals surface area contributed by atoms with Crippen molar-refractivity contribution in [1.29, 1.82) is 0 Å². The highest BCUT2D eigenvalue weighted by Crippen LogP contribution is 2.31. The summed E-state index contributed by atoms with van der Waals surface area (Å²) in [5.41, 5.74) is -0.223. The lowest BCUT2D eigenvalue weighted by Gasteiger charge is -2.14. The van der Waals surface area contributed by atoms with E-state index in [0.29, 0.717) is 12.0 Å². The van der Waals surface area contributed by atoms with Gasteiger partial charge in [0, 0.05) is 12.0 Å². The molecule has 0 radical (unpaired) electrons. The van der Waals surface area contributed by atoms with Crippen molar-refractivity contribution in [2.75, 3.05) is 0 Å². The first kappa shape index (κ1) is 20.2. The van der Waals surface area contributed by atoms with Crippen LogP contribution in [0.3, 0.4) is 0 Å². The van der Waals surface area contributed by atoms with Crippen LogP contribution in [0.15, 0.2) is 62.8 Å². The Morgan fingerprint density at radius 3 is 2.29 bits per heavy atom. The van der Waals surface area contributed by atoms with Gasteiger partial charge in [-0.1, -0.05) is 35.9 Å². The number of carbonyl (C=O) groups excluding carboxylic acids is 1. The van der Waals surface area contributed by atoms with Gasteiger partial charge in [-0.3, -0.25) is 4.79 Å². The highest BCUT2D eigenvalue weighted by molar-refractivity contribution is 6.31. The molecule has 1 rings (SSSR count). The molecule has 1 aliphatic rings. The molecule has 0 bridgehead atoms. The van der Waals surface area contributed by atoms with Crippen molar-refractivity contribution in [3.05, 3.63) is 57.8 Å². The molecule has 0 aliphatic heterocycles. The van der Waals surface area contributed by atoms with Crippen molar-refractivity contribution in [2.45, 2.75) is 40.3 Å². The predicted molar refractivity (Wildman–Crippen MR) is 92.1 cm³/mol. The summed E-state index contributed by atoms with van der Waals surface area (Å²) in [6, 6.07) is 0. The van der Waals surface area contributed by atoms with Gasteiger partial charge in [-0.05, 0) is 44.4 Å². The van der Waals surface area contributed by atoms with Gasteiger partial charge < -0.3 is 0 Å². The first-order valence-electron chi connectivity index (χ1n) is 7.33. The van der Waals surface area contributed by atoms with Crippen molar-refractivity contribution < 1.29 is 18.0 Å². The Morgan fingerprint density at radius 1 is 1.29 bits per heavy atom. The summed E-state index contributed by atoms with van der Waals surface area (Å²) in [5.74, 6) is -0.490. The molecule has 0 aromatic carbocycles. The summed E-state index contributed by atoms with van der Waals surface area (Å²) in [6.45, 7) is 5.51. The number of alkyl halides is 3. The van der Waals surface area contributed by atoms with Gasteiger partial charge in [-0.2, -0.15) is 13.2 Å². The molecule has 1 aliphatic carbocycles. The molecule has 2 nitrogen and oxygen atoms in total. The predicted octanol–water partition coefficient (Wildman–Crippen LogP) is 5.83. The number of Topliss-reactive ketones (excluding diaryl/α,β-unsaturated/α-hetero) is 1. The van der Waals surface area contributed by atoms with E-state index in [-0.39, 0.29) is 16.4 Å². The van der Waals surface area contributed by atoms with Crippen LogP contribution in [0.5, 0.6) is 0 Å². The van der Waals surface area contributed by atoms with E-state index in [1.54, 1.807) is 19.1 Å². The van der Waals surface area contributed by atoms with E-state index in [2.05, 4.69) is 4.99 Å². The van der Waals surface area contributed by atoms with Crippen LogP contribution in [0.25, 0.3) is 0 Å². The van der Waals surface area contributed by atoms with E-state index < -0.39 is 17.5 Å². The lowest BCUT2D eigenvalue weighted by Crippen LogP contribution is -2.19. The smallest absolute Gasteiger partial charge is 0.293 e. The van der Waals surface area contributed by atoms with E-state index >= 15 is 0 Å². The average Bonchev–Trinajstić information content (AvgIpc) is 2.97. The third-order valence-electron chi connectivity index (χ3n) is 3.35. The fourth-order valence-electron chi connectivity index (χ4n) is 2.18. The van der Waals surface area contributed by atoms with E-state index in [4.69, 9.17) is 11.6 Å². The summed E-state index contributed by atoms with van der Waals surface area (Å²) in [4.78, 5) is 15.3. The molecular weight excluding hydrogens is 339 g/mol. The number of nitrogens with zero attached hydrogens (tertiary/aromatic N) is 1. The molecule has 0 saturated carbocycles. The minimum Gasteiger partial charge on any atom is -0.293 e. The first-order valence-corrected chi connectivity index (χ1v) is 7.71. The molecule has 0 unspecified atom stereocenters. The van der Waals surface area contributed by atoms with E-state index in [1.807, 2.05) is 12.2 Å². The molecule has 0 spiro atoms. The van der Waals surface area contributed by atoms with Crippen LogP contribution in [0.4, 0.5) is 13.2 Å². The Hall–Kier alpha value is -1.88. The minimum absolute atomic E-state index is 0.0519. The number of hydrogen-bond donors (Lipinski definition) is 0. The van der Waals surface area contributed by atoms with Crippen molar-refractivity contribution in [2.24, 2.45) is 4.99 Å². The monoisotopic (exact) mass is 357 g/mol. The van der Waals surface area contributed by atoms with Crippen LogP contribution in [0, 0.1) is 0 Å². The highest BCUT2D eigenvalue weighted by atomic mass is 35.5. The maximum Gasteiger partial charge on any atom is 0.418 e. The maximum absolute atomic E-state index is 13.5. The number of aliphatic imine (C=N–C) groups is 1. The van der Waals surface area contributed by atoms with Gasteiger partial charge in [0.05, 0.1) is 11.3 Å². The van der Waals surface area contributed by atoms with Crippen molar-refractivity contribution in [3.8, 4) is 0 Å². The van der Waals surface area contributed by atoms with E-state index in [0.717, 1.165) is 11.6 Å². The van der Waals surface area contributed by atoms with Gasteiger partial charge in [0.2, 0.25) is 0 Å². The Kier molecular flexibility index (Phi) is 6.96. The van der Waals surface area contributed by atoms with Crippen LogP contribution >= 0.6 is 11.6 Å². The standard InChI is InChI=1S/C18H19ClF3NO/c1-5-14(15-8-6-7-9-15)10-16(18(20,21)22)12(3)23-17(11(2)19)13(4)24/h5-6,8-10H,7H2,1-4H3/b14-5+,16-10+,17-11+,23-12+. The summed E-state index contributed by atoms with van der Waals surface area (Å²) in [5, 5.41) is 0.0519. The Bertz CT molecular complexity index is 700. The van der Waals surface area contributed by atoms with Crippen LogP contribution in [0.1, 0.15) is 34.1 Å². The average molecular weight is 358 g/mol. The number of halogens is 4. The zero-order chi connectivity index (χ0) is 18.5. The second-order valence-electron chi connectivity index (χ2n) is 5.23. The normalized spacial score (nSPS) is 17.8. The van der Waals surface area contributed by atoms with E-state index in [9.17, 15) is 18.0 Å². The summed E-state index contributed by atoms with van der Waals surface area (Å²) in [6.07, 6.45) is 4.22. The molecule has 0 aromatic heterocycles. The zero-order valence-electron chi connectivity index (χ0n) is 14.0. The SMILES string of the molecule is C\C=C(/C=C(\C(C)=N\C(C(C)=O)=C(/C)Cl)C(F)(F)F)C1=CCC=C1. The van der Waals surface area contributed by atoms with Gasteiger partial charge in [0.15, 0.2) is 5.78 Å². The molecule has 0 N–H and O–H groups in total. The molecule has 0 heterocycles. The topological polar surface area (TPSA) is 29.4 Å². The minimum atomic E-state index is -4.60. The van der Waals surface area contributed by atoms with Crippen molar-refractivity contribution in [1.82, 2.24) is 0 Å². The van der Waals surface area contributed by atoms with Crippen molar-refractivity contribution >= 4 is 23.1 Å². The maximum atomic E-state index is 13.5. The first-order chi connectivity index (χ1) is 11.1. The van der Waals surface area contributed by atoms with Crippen molar-refractivity contribution in [3.63, 3.8) is 0 Å². The van der Waals surface area contributed by atoms with Crippen LogP contribution in [-0.2, 0) is 4.79 Å². The number of ketones is 1. The van der Waals surface area contributed by atoms with Gasteiger partial charge in [-0.15, -0.1) is 0 Å². The molecule has 0 amide bonds. The van der Waals surface area contributed by atoms with Gasteiger partial charge in [0.1, 0.15) is 5.70 Å². The third-order valence-corrected chi connectivity index (χ3v) is 3.53. The lowest BCUT2D eigenvalue weighted by atomic mass is 10.0. The zero-order valence-corrected chi connectivity index (χ0v) is 14.7. The molecule has 0 fully saturated rings. The molecule has 0 aromatic rings. The Balaban J connectivity index is 3.43. The van der Waals surface area contributed by atoms with Crippen LogP contribution < -0.4 is 0 Å². The molecular formula is C18H19ClF3NO. The molecule has 24 heavy (non-hydrogen) atoms. The molecule has 130 valence electrons. The number of hydrogen-bond acceptors (Lipinski definition) is 2. The fourth-order valence-corrected chi connectivity index (χ4v) is 2.35. The lowest BCUT2D eigenvalue weighted by molar-refractivity contribution is -0.113. The highest BCUT2D eigenvalue weighted by Gasteiger charge is 2.36. The second-order valence-corrected chi connectivity index (χ2v) is 5.80. The number of carbonyl (C=O) groups is 1.